The highest BCUT2D eigenvalue weighted by molar-refractivity contribution is 6.14. The summed E-state index contributed by atoms with van der Waals surface area (Å²) in [4.78, 5) is 12.5. The molecule has 7 rings (SSSR count). The molecule has 40 heavy (non-hydrogen) atoms. The number of hydrogen-bond donors (Lipinski definition) is 0. The van der Waals surface area contributed by atoms with Crippen molar-refractivity contribution in [1.82, 2.24) is 0 Å². The third-order valence-electron chi connectivity index (χ3n) is 7.18. The predicted molar refractivity (Wildman–Crippen MR) is 164 cm³/mol. The lowest BCUT2D eigenvalue weighted by atomic mass is 10.0. The topological polar surface area (TPSA) is 37.2 Å². The van der Waals surface area contributed by atoms with E-state index in [0.717, 1.165) is 75.3 Å². The Kier molecular flexibility index (Phi) is 6.27. The molecule has 0 unspecified atom stereocenters. The molecular formula is C36H27N3O. The van der Waals surface area contributed by atoms with E-state index in [0.29, 0.717) is 0 Å². The predicted octanol–water partition coefficient (Wildman–Crippen LogP) is 9.33. The highest BCUT2D eigenvalue weighted by atomic mass is 16.5. The van der Waals surface area contributed by atoms with Crippen LogP contribution in [0.5, 0.6) is 11.5 Å². The third kappa shape index (κ3) is 4.61. The third-order valence-corrected chi connectivity index (χ3v) is 7.18. The molecule has 4 nitrogen and oxygen atoms in total. The summed E-state index contributed by atoms with van der Waals surface area (Å²) >= 11 is 0. The van der Waals surface area contributed by atoms with Crippen molar-refractivity contribution in [2.24, 2.45) is 9.98 Å². The van der Waals surface area contributed by atoms with E-state index in [4.69, 9.17) is 14.7 Å². The van der Waals surface area contributed by atoms with Crippen molar-refractivity contribution in [3.63, 3.8) is 0 Å². The molecule has 0 fully saturated rings. The minimum Gasteiger partial charge on any atom is -0.453 e. The lowest BCUT2D eigenvalue weighted by molar-refractivity contribution is 0.477. The first-order valence-electron chi connectivity index (χ1n) is 13.6. The Morgan fingerprint density at radius 2 is 1.10 bits per heavy atom. The molecule has 0 saturated carbocycles. The minimum absolute atomic E-state index is 0.727. The number of fused-ring (bicyclic) bond motifs is 2. The van der Waals surface area contributed by atoms with Gasteiger partial charge in [0.2, 0.25) is 0 Å². The Labute approximate surface area is 234 Å². The molecule has 0 atom stereocenters. The van der Waals surface area contributed by atoms with Crippen LogP contribution in [0.4, 0.5) is 17.1 Å². The molecule has 0 N–H and O–H groups in total. The van der Waals surface area contributed by atoms with Crippen molar-refractivity contribution in [3.8, 4) is 11.5 Å². The molecule has 0 spiro atoms. The first kappa shape index (κ1) is 23.9. The van der Waals surface area contributed by atoms with Crippen LogP contribution in [0, 0.1) is 0 Å². The van der Waals surface area contributed by atoms with Gasteiger partial charge in [0.05, 0.1) is 22.8 Å². The fourth-order valence-electron chi connectivity index (χ4n) is 5.22. The number of ether oxygens (including phenoxy) is 1. The number of allylic oxidation sites excluding steroid dienone is 1. The van der Waals surface area contributed by atoms with Crippen LogP contribution in [-0.2, 0) is 0 Å². The number of aliphatic imine (C=N–C) groups is 2. The monoisotopic (exact) mass is 517 g/mol. The maximum absolute atomic E-state index is 6.19. The average Bonchev–Trinajstić information content (AvgIpc) is 3.01. The van der Waals surface area contributed by atoms with Crippen LogP contribution in [0.1, 0.15) is 29.5 Å². The highest BCUT2D eigenvalue weighted by Crippen LogP contribution is 2.49. The number of benzene rings is 5. The number of anilines is 3. The fourth-order valence-corrected chi connectivity index (χ4v) is 5.22. The van der Waals surface area contributed by atoms with Crippen LogP contribution in [0.2, 0.25) is 0 Å². The van der Waals surface area contributed by atoms with E-state index in [-0.39, 0.29) is 0 Å². The van der Waals surface area contributed by atoms with Crippen LogP contribution in [0.25, 0.3) is 5.70 Å². The summed E-state index contributed by atoms with van der Waals surface area (Å²) in [7, 11) is 0. The summed E-state index contributed by atoms with van der Waals surface area (Å²) in [6.07, 6.45) is 3.91. The summed E-state index contributed by atoms with van der Waals surface area (Å²) in [5.74, 6) is 2.42. The van der Waals surface area contributed by atoms with Gasteiger partial charge in [-0.25, -0.2) is 9.98 Å². The number of para-hydroxylation sites is 4. The van der Waals surface area contributed by atoms with Gasteiger partial charge >= 0.3 is 0 Å². The van der Waals surface area contributed by atoms with Crippen LogP contribution in [0.3, 0.4) is 0 Å². The SMILES string of the molecule is C1=C(\c2ccccc2)N=C(c2ccccc2)N=C(c2ccc(N3c4ccccc4Oc4ccccc43)cc2)CC/1. The lowest BCUT2D eigenvalue weighted by Crippen LogP contribution is -2.16. The number of nitrogens with zero attached hydrogens (tertiary/aromatic N) is 3. The Morgan fingerprint density at radius 1 is 0.525 bits per heavy atom. The van der Waals surface area contributed by atoms with Gasteiger partial charge in [-0.1, -0.05) is 103 Å². The van der Waals surface area contributed by atoms with E-state index in [1.807, 2.05) is 72.8 Å². The van der Waals surface area contributed by atoms with Crippen LogP contribution < -0.4 is 9.64 Å². The number of hydrogen-bond acceptors (Lipinski definition) is 4. The molecule has 2 aliphatic rings. The largest absolute Gasteiger partial charge is 0.453 e. The van der Waals surface area contributed by atoms with E-state index in [2.05, 4.69) is 71.6 Å². The molecule has 5 aromatic rings. The molecular weight excluding hydrogens is 490 g/mol. The normalized spacial score (nSPS) is 15.7. The molecule has 0 saturated heterocycles. The quantitative estimate of drug-likeness (QED) is 0.234. The standard InChI is InChI=1S/C36H27N3O/c1-3-12-26(13-4-1)30-16-11-17-31(38-36(37-30)28-14-5-2-6-15-28)27-22-24-29(25-23-27)39-32-18-7-9-20-34(32)40-35-21-10-8-19-33(35)39/h1-10,12-16,18-25H,11,17H2/b30-16+,37-36?,38-31?. The van der Waals surface area contributed by atoms with Crippen molar-refractivity contribution in [2.75, 3.05) is 4.90 Å². The fraction of sp³-hybridized carbons (Fsp3) is 0.0556. The van der Waals surface area contributed by atoms with E-state index in [1.54, 1.807) is 0 Å². The summed E-state index contributed by atoms with van der Waals surface area (Å²) in [6, 6.07) is 45.5. The van der Waals surface area contributed by atoms with Gasteiger partial charge in [-0.3, -0.25) is 0 Å². The first-order chi connectivity index (χ1) is 19.8. The Hall–Kier alpha value is -5.22. The molecule has 4 heteroatoms. The first-order valence-corrected chi connectivity index (χ1v) is 13.6. The molecule has 192 valence electrons. The molecule has 5 aromatic carbocycles. The Balaban J connectivity index is 1.27. The van der Waals surface area contributed by atoms with Crippen molar-refractivity contribution in [3.05, 3.63) is 156 Å². The minimum atomic E-state index is 0.727. The van der Waals surface area contributed by atoms with Gasteiger partial charge in [0.1, 0.15) is 0 Å². The molecule has 2 heterocycles. The zero-order valence-corrected chi connectivity index (χ0v) is 21.9. The summed E-state index contributed by atoms with van der Waals surface area (Å²) in [5.41, 5.74) is 8.30. The van der Waals surface area contributed by atoms with Gasteiger partial charge in [0, 0.05) is 11.3 Å². The maximum Gasteiger partial charge on any atom is 0.160 e. The van der Waals surface area contributed by atoms with E-state index >= 15 is 0 Å². The second-order valence-corrected chi connectivity index (χ2v) is 9.77. The highest BCUT2D eigenvalue weighted by Gasteiger charge is 2.25. The van der Waals surface area contributed by atoms with E-state index in [1.165, 1.54) is 0 Å². The zero-order valence-electron chi connectivity index (χ0n) is 21.9. The average molecular weight is 518 g/mol. The van der Waals surface area contributed by atoms with Gasteiger partial charge in [-0.2, -0.15) is 0 Å². The summed E-state index contributed by atoms with van der Waals surface area (Å²) in [6.45, 7) is 0. The second kappa shape index (κ2) is 10.5. The summed E-state index contributed by atoms with van der Waals surface area (Å²) in [5, 5.41) is 0. The van der Waals surface area contributed by atoms with Crippen LogP contribution >= 0.6 is 0 Å². The molecule has 0 amide bonds. The van der Waals surface area contributed by atoms with E-state index < -0.39 is 0 Å². The van der Waals surface area contributed by atoms with Crippen LogP contribution in [0.15, 0.2) is 150 Å². The molecule has 0 aromatic heterocycles. The second-order valence-electron chi connectivity index (χ2n) is 9.77. The van der Waals surface area contributed by atoms with Gasteiger partial charge in [0.25, 0.3) is 0 Å². The molecule has 2 aliphatic heterocycles. The Bertz CT molecular complexity index is 1710. The van der Waals surface area contributed by atoms with Gasteiger partial charge in [0.15, 0.2) is 17.3 Å². The van der Waals surface area contributed by atoms with Gasteiger partial charge in [-0.15, -0.1) is 0 Å². The molecule has 0 bridgehead atoms. The van der Waals surface area contributed by atoms with E-state index in [9.17, 15) is 0 Å². The van der Waals surface area contributed by atoms with Gasteiger partial charge < -0.3 is 9.64 Å². The summed E-state index contributed by atoms with van der Waals surface area (Å²) < 4.78 is 6.19. The van der Waals surface area contributed by atoms with Crippen molar-refractivity contribution >= 4 is 34.3 Å². The lowest BCUT2D eigenvalue weighted by Gasteiger charge is -2.32. The van der Waals surface area contributed by atoms with Crippen molar-refractivity contribution in [1.29, 1.82) is 0 Å². The maximum atomic E-state index is 6.19. The van der Waals surface area contributed by atoms with Crippen LogP contribution in [-0.4, -0.2) is 11.5 Å². The van der Waals surface area contributed by atoms with Crippen molar-refractivity contribution in [2.45, 2.75) is 12.8 Å². The number of rotatable bonds is 4. The van der Waals surface area contributed by atoms with Gasteiger partial charge in [-0.05, 0) is 60.4 Å². The van der Waals surface area contributed by atoms with Crippen molar-refractivity contribution < 1.29 is 4.74 Å². The zero-order chi connectivity index (χ0) is 26.7. The smallest absolute Gasteiger partial charge is 0.160 e. The molecule has 0 aliphatic carbocycles. The molecule has 0 radical (unpaired) electrons. The number of amidine groups is 1. The Morgan fingerprint density at radius 3 is 1.75 bits per heavy atom.